The van der Waals surface area contributed by atoms with Crippen molar-refractivity contribution >= 4 is 11.6 Å². The summed E-state index contributed by atoms with van der Waals surface area (Å²) >= 11 is 0. The second kappa shape index (κ2) is 10.6. The first-order valence-corrected chi connectivity index (χ1v) is 12.3. The van der Waals surface area contributed by atoms with Crippen LogP contribution in [-0.4, -0.2) is 71.7 Å². The molecule has 1 amide bonds. The summed E-state index contributed by atoms with van der Waals surface area (Å²) < 4.78 is 19.7. The number of rotatable bonds is 7. The number of anilines is 1. The lowest BCUT2D eigenvalue weighted by molar-refractivity contribution is 0.0521. The minimum Gasteiger partial charge on any atom is -0.489 e. The van der Waals surface area contributed by atoms with E-state index in [1.54, 1.807) is 23.1 Å². The van der Waals surface area contributed by atoms with Crippen molar-refractivity contribution in [3.05, 3.63) is 89.0 Å². The molecule has 2 aliphatic heterocycles. The van der Waals surface area contributed by atoms with Crippen LogP contribution in [0.25, 0.3) is 0 Å². The third kappa shape index (κ3) is 5.34. The number of β-amino-alcohol motifs (C(OH)–C–C–N with tert-alkyl or cyclic N) is 1. The van der Waals surface area contributed by atoms with Crippen molar-refractivity contribution in [2.45, 2.75) is 25.7 Å². The second-order valence-corrected chi connectivity index (χ2v) is 9.52. The normalized spacial score (nSPS) is 16.8. The fourth-order valence-corrected chi connectivity index (χ4v) is 4.94. The summed E-state index contributed by atoms with van der Waals surface area (Å²) in [5.41, 5.74) is 4.43. The molecule has 1 N–H and O–H groups in total. The highest BCUT2D eigenvalue weighted by molar-refractivity contribution is 6.00. The predicted molar refractivity (Wildman–Crippen MR) is 136 cm³/mol. The van der Waals surface area contributed by atoms with Crippen LogP contribution in [0, 0.1) is 5.82 Å². The van der Waals surface area contributed by atoms with Gasteiger partial charge in [0.1, 0.15) is 18.2 Å². The van der Waals surface area contributed by atoms with E-state index in [0.29, 0.717) is 36.5 Å². The number of nitrogens with zero attached hydrogens (tertiary/aromatic N) is 4. The number of benzene rings is 2. The quantitative estimate of drug-likeness (QED) is 0.549. The van der Waals surface area contributed by atoms with Crippen LogP contribution in [-0.2, 0) is 19.6 Å². The van der Waals surface area contributed by atoms with Crippen LogP contribution in [0.15, 0.2) is 60.9 Å². The van der Waals surface area contributed by atoms with Gasteiger partial charge in [-0.1, -0.05) is 24.3 Å². The number of ether oxygens (including phenoxy) is 1. The Balaban J connectivity index is 1.23. The standard InChI is InChI=1S/C28H31FN4O3/c1-31-12-13-33(18-23(34)17-32-11-9-20-4-2-3-5-21(20)16-32)28(35)25-7-6-24(14-27(25)31)36-19-22-8-10-30-15-26(22)29/h2-8,10,14-15,23,34H,9,11-13,16-19H2,1H3/t23-/m1/s1. The van der Waals surface area contributed by atoms with Crippen molar-refractivity contribution in [1.82, 2.24) is 14.8 Å². The van der Waals surface area contributed by atoms with E-state index in [-0.39, 0.29) is 19.1 Å². The van der Waals surface area contributed by atoms with Gasteiger partial charge in [-0.2, -0.15) is 0 Å². The molecule has 0 aliphatic carbocycles. The number of aliphatic hydroxyl groups excluding tert-OH is 1. The number of aromatic nitrogens is 1. The van der Waals surface area contributed by atoms with Crippen LogP contribution in [0.2, 0.25) is 0 Å². The second-order valence-electron chi connectivity index (χ2n) is 9.52. The molecule has 0 radical (unpaired) electrons. The van der Waals surface area contributed by atoms with E-state index in [9.17, 15) is 14.3 Å². The van der Waals surface area contributed by atoms with Gasteiger partial charge < -0.3 is 19.6 Å². The number of carbonyl (C=O) groups is 1. The molecule has 7 nitrogen and oxygen atoms in total. The molecule has 1 atom stereocenters. The molecule has 0 spiro atoms. The largest absolute Gasteiger partial charge is 0.489 e. The summed E-state index contributed by atoms with van der Waals surface area (Å²) in [7, 11) is 1.93. The topological polar surface area (TPSA) is 69.1 Å². The summed E-state index contributed by atoms with van der Waals surface area (Å²) in [5, 5.41) is 10.9. The molecule has 0 saturated carbocycles. The first-order valence-electron chi connectivity index (χ1n) is 12.3. The number of pyridine rings is 1. The number of hydrogen-bond acceptors (Lipinski definition) is 6. The molecule has 3 heterocycles. The number of carbonyl (C=O) groups excluding carboxylic acids is 1. The van der Waals surface area contributed by atoms with Crippen molar-refractivity contribution in [3.8, 4) is 5.75 Å². The molecular weight excluding hydrogens is 459 g/mol. The van der Waals surface area contributed by atoms with Gasteiger partial charge in [-0.05, 0) is 35.7 Å². The zero-order valence-electron chi connectivity index (χ0n) is 20.4. The maximum absolute atomic E-state index is 13.9. The summed E-state index contributed by atoms with van der Waals surface area (Å²) in [6.45, 7) is 3.75. The van der Waals surface area contributed by atoms with E-state index in [4.69, 9.17) is 4.74 Å². The highest BCUT2D eigenvalue weighted by atomic mass is 19.1. The van der Waals surface area contributed by atoms with Crippen molar-refractivity contribution in [2.24, 2.45) is 0 Å². The number of hydrogen-bond donors (Lipinski definition) is 1. The smallest absolute Gasteiger partial charge is 0.256 e. The average Bonchev–Trinajstić information content (AvgIpc) is 3.00. The monoisotopic (exact) mass is 490 g/mol. The molecular formula is C28H31FN4O3. The van der Waals surface area contributed by atoms with Crippen molar-refractivity contribution in [2.75, 3.05) is 44.7 Å². The van der Waals surface area contributed by atoms with Crippen LogP contribution < -0.4 is 9.64 Å². The highest BCUT2D eigenvalue weighted by Crippen LogP contribution is 2.29. The van der Waals surface area contributed by atoms with Gasteiger partial charge in [0.15, 0.2) is 0 Å². The fourth-order valence-electron chi connectivity index (χ4n) is 4.94. The Morgan fingerprint density at radius 3 is 2.75 bits per heavy atom. The SMILES string of the molecule is CN1CCN(C[C@H](O)CN2CCc3ccccc3C2)C(=O)c2ccc(OCc3ccncc3F)cc21. The van der Waals surface area contributed by atoms with Crippen LogP contribution in [0.1, 0.15) is 27.0 Å². The molecule has 5 rings (SSSR count). The first-order chi connectivity index (χ1) is 17.5. The average molecular weight is 491 g/mol. The summed E-state index contributed by atoms with van der Waals surface area (Å²) in [6, 6.07) is 15.3. The van der Waals surface area contributed by atoms with Crippen molar-refractivity contribution in [3.63, 3.8) is 0 Å². The van der Waals surface area contributed by atoms with Crippen molar-refractivity contribution < 1.29 is 19.0 Å². The molecule has 36 heavy (non-hydrogen) atoms. The number of amides is 1. The lowest BCUT2D eigenvalue weighted by Gasteiger charge is -2.32. The van der Waals surface area contributed by atoms with E-state index in [2.05, 4.69) is 34.1 Å². The Bertz CT molecular complexity index is 1240. The van der Waals surface area contributed by atoms with Gasteiger partial charge in [0.25, 0.3) is 5.91 Å². The Morgan fingerprint density at radius 1 is 1.08 bits per heavy atom. The van der Waals surface area contributed by atoms with Crippen molar-refractivity contribution in [1.29, 1.82) is 0 Å². The van der Waals surface area contributed by atoms with Gasteiger partial charge in [0.05, 0.1) is 23.6 Å². The molecule has 8 heteroatoms. The maximum atomic E-state index is 13.9. The Hall–Kier alpha value is -3.49. The number of halogens is 1. The third-order valence-electron chi connectivity index (χ3n) is 6.96. The third-order valence-corrected chi connectivity index (χ3v) is 6.96. The summed E-state index contributed by atoms with van der Waals surface area (Å²) in [5.74, 6) is 0.0371. The minimum absolute atomic E-state index is 0.0735. The minimum atomic E-state index is -0.635. The van der Waals surface area contributed by atoms with E-state index in [1.807, 2.05) is 18.0 Å². The number of fused-ring (bicyclic) bond motifs is 2. The first kappa shape index (κ1) is 24.2. The molecule has 0 fully saturated rings. The van der Waals surface area contributed by atoms with E-state index in [1.165, 1.54) is 17.3 Å². The van der Waals surface area contributed by atoms with Gasteiger partial charge in [-0.15, -0.1) is 0 Å². The molecule has 3 aromatic rings. The van der Waals surface area contributed by atoms with E-state index >= 15 is 0 Å². The van der Waals surface area contributed by atoms with Gasteiger partial charge in [-0.3, -0.25) is 14.7 Å². The van der Waals surface area contributed by atoms with E-state index < -0.39 is 11.9 Å². The van der Waals surface area contributed by atoms with Gasteiger partial charge in [0.2, 0.25) is 0 Å². The van der Waals surface area contributed by atoms with Gasteiger partial charge in [-0.25, -0.2) is 4.39 Å². The lowest BCUT2D eigenvalue weighted by Crippen LogP contribution is -2.44. The van der Waals surface area contributed by atoms with Gasteiger partial charge in [0, 0.05) is 64.1 Å². The highest BCUT2D eigenvalue weighted by Gasteiger charge is 2.28. The van der Waals surface area contributed by atoms with Crippen LogP contribution >= 0.6 is 0 Å². The zero-order chi connectivity index (χ0) is 25.1. The Morgan fingerprint density at radius 2 is 1.92 bits per heavy atom. The number of aliphatic hydroxyl groups is 1. The summed E-state index contributed by atoms with van der Waals surface area (Å²) in [6.07, 6.45) is 3.03. The molecule has 0 saturated heterocycles. The predicted octanol–water partition coefficient (Wildman–Crippen LogP) is 3.11. The summed E-state index contributed by atoms with van der Waals surface area (Å²) in [4.78, 5) is 23.1. The Kier molecular flexibility index (Phi) is 7.16. The molecule has 188 valence electrons. The molecule has 0 bridgehead atoms. The van der Waals surface area contributed by atoms with Gasteiger partial charge >= 0.3 is 0 Å². The molecule has 2 aliphatic rings. The maximum Gasteiger partial charge on any atom is 0.256 e. The molecule has 2 aromatic carbocycles. The zero-order valence-corrected chi connectivity index (χ0v) is 20.4. The number of likely N-dealkylation sites (N-methyl/N-ethyl adjacent to an activating group) is 1. The fraction of sp³-hybridized carbons (Fsp3) is 0.357. The molecule has 1 aromatic heterocycles. The van der Waals surface area contributed by atoms with Crippen LogP contribution in [0.5, 0.6) is 5.75 Å². The lowest BCUT2D eigenvalue weighted by atomic mass is 10.00. The van der Waals surface area contributed by atoms with Crippen LogP contribution in [0.3, 0.4) is 0 Å². The van der Waals surface area contributed by atoms with Crippen LogP contribution in [0.4, 0.5) is 10.1 Å². The van der Waals surface area contributed by atoms with E-state index in [0.717, 1.165) is 31.4 Å². The Labute approximate surface area is 210 Å². The molecule has 0 unspecified atom stereocenters.